The van der Waals surface area contributed by atoms with Gasteiger partial charge in [-0.2, -0.15) is 0 Å². The molecule has 0 aromatic heterocycles. The molecule has 0 aromatic rings. The van der Waals surface area contributed by atoms with Gasteiger partial charge in [0.15, 0.2) is 0 Å². The van der Waals surface area contributed by atoms with Gasteiger partial charge in [0.05, 0.1) is 6.10 Å². The molecular weight excluding hydrogens is 198 g/mol. The van der Waals surface area contributed by atoms with E-state index in [0.29, 0.717) is 12.0 Å². The molecule has 2 fully saturated rings. The highest BCUT2D eigenvalue weighted by molar-refractivity contribution is 4.81. The van der Waals surface area contributed by atoms with E-state index in [2.05, 4.69) is 18.7 Å². The summed E-state index contributed by atoms with van der Waals surface area (Å²) in [5, 5.41) is 9.82. The molecule has 16 heavy (non-hydrogen) atoms. The van der Waals surface area contributed by atoms with Crippen LogP contribution >= 0.6 is 0 Å². The second-order valence-corrected chi connectivity index (χ2v) is 6.08. The van der Waals surface area contributed by atoms with Gasteiger partial charge in [-0.05, 0) is 64.3 Å². The Labute approximate surface area is 100 Å². The first-order chi connectivity index (χ1) is 7.66. The minimum absolute atomic E-state index is 0.00469. The topological polar surface area (TPSA) is 23.5 Å². The predicted octanol–water partition coefficient (Wildman–Crippen LogP) is 2.66. The third kappa shape index (κ3) is 3.46. The van der Waals surface area contributed by atoms with Crippen LogP contribution < -0.4 is 0 Å². The molecule has 2 saturated carbocycles. The second-order valence-electron chi connectivity index (χ2n) is 6.08. The van der Waals surface area contributed by atoms with Gasteiger partial charge in [0.25, 0.3) is 0 Å². The predicted molar refractivity (Wildman–Crippen MR) is 67.4 cm³/mol. The fraction of sp³-hybridized carbons (Fsp3) is 1.00. The molecule has 0 aromatic carbocycles. The van der Waals surface area contributed by atoms with Gasteiger partial charge >= 0.3 is 0 Å². The van der Waals surface area contributed by atoms with Crippen molar-refractivity contribution < 1.29 is 5.11 Å². The van der Waals surface area contributed by atoms with Crippen LogP contribution in [-0.2, 0) is 0 Å². The van der Waals surface area contributed by atoms with Crippen molar-refractivity contribution in [1.29, 1.82) is 0 Å². The maximum absolute atomic E-state index is 9.82. The average Bonchev–Trinajstić information content (AvgIpc) is 2.96. The van der Waals surface area contributed by atoms with Crippen molar-refractivity contribution in [3.63, 3.8) is 0 Å². The second kappa shape index (κ2) is 5.50. The Bertz CT molecular complexity index is 213. The molecule has 2 heteroatoms. The van der Waals surface area contributed by atoms with Crippen LogP contribution in [0.4, 0.5) is 0 Å². The monoisotopic (exact) mass is 225 g/mol. The smallest absolute Gasteiger partial charge is 0.0568 e. The molecular formula is C14H27NO. The van der Waals surface area contributed by atoms with Crippen molar-refractivity contribution in [3.8, 4) is 0 Å². The molecule has 2 rings (SSSR count). The Hall–Kier alpha value is -0.0800. The van der Waals surface area contributed by atoms with Crippen LogP contribution in [0.1, 0.15) is 52.4 Å². The Morgan fingerprint density at radius 3 is 2.44 bits per heavy atom. The molecule has 1 N–H and O–H groups in total. The van der Waals surface area contributed by atoms with Crippen LogP contribution in [0.3, 0.4) is 0 Å². The molecule has 2 nitrogen and oxygen atoms in total. The first-order valence-corrected chi connectivity index (χ1v) is 7.09. The minimum atomic E-state index is -0.00469. The molecule has 2 aliphatic carbocycles. The molecule has 0 heterocycles. The minimum Gasteiger partial charge on any atom is -0.393 e. The summed E-state index contributed by atoms with van der Waals surface area (Å²) in [7, 11) is 0. The summed E-state index contributed by atoms with van der Waals surface area (Å²) >= 11 is 0. The zero-order valence-electron chi connectivity index (χ0n) is 10.9. The van der Waals surface area contributed by atoms with E-state index in [9.17, 15) is 5.11 Å². The lowest BCUT2D eigenvalue weighted by atomic mass is 10.0. The zero-order valence-corrected chi connectivity index (χ0v) is 10.9. The van der Waals surface area contributed by atoms with Gasteiger partial charge in [0.1, 0.15) is 0 Å². The van der Waals surface area contributed by atoms with Crippen molar-refractivity contribution in [2.24, 2.45) is 11.8 Å². The Morgan fingerprint density at radius 1 is 1.19 bits per heavy atom. The molecule has 2 unspecified atom stereocenters. The molecule has 2 aliphatic rings. The van der Waals surface area contributed by atoms with Gasteiger partial charge in [-0.25, -0.2) is 0 Å². The highest BCUT2D eigenvalue weighted by Crippen LogP contribution is 2.32. The van der Waals surface area contributed by atoms with E-state index in [4.69, 9.17) is 0 Å². The third-order valence-electron chi connectivity index (χ3n) is 4.33. The zero-order chi connectivity index (χ0) is 11.5. The number of hydrogen-bond acceptors (Lipinski definition) is 2. The highest BCUT2D eigenvalue weighted by atomic mass is 16.3. The van der Waals surface area contributed by atoms with Crippen LogP contribution in [-0.4, -0.2) is 35.2 Å². The van der Waals surface area contributed by atoms with Crippen molar-refractivity contribution in [3.05, 3.63) is 0 Å². The Balaban J connectivity index is 1.72. The first-order valence-electron chi connectivity index (χ1n) is 7.09. The summed E-state index contributed by atoms with van der Waals surface area (Å²) in [6.45, 7) is 7.08. The van der Waals surface area contributed by atoms with Crippen LogP contribution in [0, 0.1) is 11.8 Å². The molecule has 2 atom stereocenters. The van der Waals surface area contributed by atoms with Gasteiger partial charge < -0.3 is 10.0 Å². The van der Waals surface area contributed by atoms with Crippen molar-refractivity contribution >= 4 is 0 Å². The quantitative estimate of drug-likeness (QED) is 0.751. The SMILES string of the molecule is CC(C)N(CCC1CCCC1O)CC1CC1. The first kappa shape index (κ1) is 12.4. The Kier molecular flexibility index (Phi) is 4.26. The number of aliphatic hydroxyl groups is 1. The molecule has 0 radical (unpaired) electrons. The lowest BCUT2D eigenvalue weighted by Crippen LogP contribution is -2.35. The van der Waals surface area contributed by atoms with E-state index in [1.165, 1.54) is 45.2 Å². The molecule has 0 bridgehead atoms. The van der Waals surface area contributed by atoms with Gasteiger partial charge in [-0.1, -0.05) is 6.42 Å². The molecule has 0 amide bonds. The standard InChI is InChI=1S/C14H27NO/c1-11(2)15(10-12-6-7-12)9-8-13-4-3-5-14(13)16/h11-14,16H,3-10H2,1-2H3. The number of rotatable bonds is 6. The van der Waals surface area contributed by atoms with E-state index in [1.807, 2.05) is 0 Å². The van der Waals surface area contributed by atoms with Crippen LogP contribution in [0.15, 0.2) is 0 Å². The van der Waals surface area contributed by atoms with E-state index in [0.717, 1.165) is 12.3 Å². The number of aliphatic hydroxyl groups excluding tert-OH is 1. The number of nitrogens with zero attached hydrogens (tertiary/aromatic N) is 1. The normalized spacial score (nSPS) is 30.6. The molecule has 0 saturated heterocycles. The maximum Gasteiger partial charge on any atom is 0.0568 e. The molecule has 0 spiro atoms. The summed E-state index contributed by atoms with van der Waals surface area (Å²) in [6.07, 6.45) is 7.59. The van der Waals surface area contributed by atoms with E-state index >= 15 is 0 Å². The summed E-state index contributed by atoms with van der Waals surface area (Å²) in [5.74, 6) is 1.57. The fourth-order valence-corrected chi connectivity index (χ4v) is 2.88. The summed E-state index contributed by atoms with van der Waals surface area (Å²) < 4.78 is 0. The molecule has 94 valence electrons. The van der Waals surface area contributed by atoms with Gasteiger partial charge in [0, 0.05) is 12.6 Å². The largest absolute Gasteiger partial charge is 0.393 e. The summed E-state index contributed by atoms with van der Waals surface area (Å²) in [5.41, 5.74) is 0. The van der Waals surface area contributed by atoms with E-state index in [-0.39, 0.29) is 6.10 Å². The third-order valence-corrected chi connectivity index (χ3v) is 4.33. The fourth-order valence-electron chi connectivity index (χ4n) is 2.88. The number of hydrogen-bond donors (Lipinski definition) is 1. The summed E-state index contributed by atoms with van der Waals surface area (Å²) in [6, 6.07) is 0.666. The highest BCUT2D eigenvalue weighted by Gasteiger charge is 2.28. The van der Waals surface area contributed by atoms with Crippen molar-refractivity contribution in [2.75, 3.05) is 13.1 Å². The van der Waals surface area contributed by atoms with Crippen LogP contribution in [0.2, 0.25) is 0 Å². The Morgan fingerprint density at radius 2 is 1.94 bits per heavy atom. The van der Waals surface area contributed by atoms with Crippen molar-refractivity contribution in [2.45, 2.75) is 64.5 Å². The van der Waals surface area contributed by atoms with Crippen molar-refractivity contribution in [1.82, 2.24) is 4.90 Å². The van der Waals surface area contributed by atoms with Crippen LogP contribution in [0.25, 0.3) is 0 Å². The molecule has 0 aliphatic heterocycles. The van der Waals surface area contributed by atoms with E-state index < -0.39 is 0 Å². The van der Waals surface area contributed by atoms with Gasteiger partial charge in [-0.15, -0.1) is 0 Å². The lowest BCUT2D eigenvalue weighted by Gasteiger charge is -2.28. The van der Waals surface area contributed by atoms with E-state index in [1.54, 1.807) is 0 Å². The maximum atomic E-state index is 9.82. The van der Waals surface area contributed by atoms with Gasteiger partial charge in [0.2, 0.25) is 0 Å². The van der Waals surface area contributed by atoms with Crippen LogP contribution in [0.5, 0.6) is 0 Å². The lowest BCUT2D eigenvalue weighted by molar-refractivity contribution is 0.111. The van der Waals surface area contributed by atoms with Gasteiger partial charge in [-0.3, -0.25) is 0 Å². The average molecular weight is 225 g/mol. The summed E-state index contributed by atoms with van der Waals surface area (Å²) in [4.78, 5) is 2.61.